The van der Waals surface area contributed by atoms with E-state index in [4.69, 9.17) is 75.8 Å². The lowest BCUT2D eigenvalue weighted by atomic mass is 9.95. The lowest BCUT2D eigenvalue weighted by Gasteiger charge is -2.50. The van der Waals surface area contributed by atoms with E-state index in [0.717, 1.165) is 76.2 Å². The van der Waals surface area contributed by atoms with Gasteiger partial charge in [0.2, 0.25) is 12.4 Å². The first-order chi connectivity index (χ1) is 31.3. The molecule has 0 unspecified atom stereocenters. The number of hydrogen-bond acceptors (Lipinski definition) is 27. The molecule has 0 saturated carbocycles. The second-order valence-corrected chi connectivity index (χ2v) is 14.9. The van der Waals surface area contributed by atoms with Crippen molar-refractivity contribution in [2.45, 2.75) is 168 Å². The van der Waals surface area contributed by atoms with Gasteiger partial charge < -0.3 is 75.8 Å². The van der Waals surface area contributed by atoms with E-state index in [0.29, 0.717) is 0 Å². The Morgan fingerprint density at radius 1 is 0.269 bits per heavy atom. The Kier molecular flexibility index (Phi) is 20.8. The predicted molar refractivity (Wildman–Crippen MR) is 206 cm³/mol. The predicted octanol–water partition coefficient (Wildman–Crippen LogP) is -1.29. The maximum atomic E-state index is 13.0. The van der Waals surface area contributed by atoms with Gasteiger partial charge in [0.1, 0.15) is 50.3 Å². The molecule has 3 aliphatic rings. The SMILES string of the molecule is CC(=O)OC[C@@H]1O[C@H](O[C@H]2[C@@H](OC(C)=O)[C@@H](OC(C)=O)[C@H](O[C@H]3[C@@H](OC(C)=O)[C@@H](OC(C)=O)[C@@H](OC(C)=O)O[C@H]3COC(C)=O)O[C@H]2COC(C)=O)[C@@H](OC(C)=O)[C@H](OC(C)=O)[C@H]1OC(C)=O. The number of rotatable bonds is 18. The Hall–Kier alpha value is -6.03. The van der Waals surface area contributed by atoms with E-state index in [9.17, 15) is 52.7 Å². The van der Waals surface area contributed by atoms with Gasteiger partial charge >= 0.3 is 65.7 Å². The maximum absolute atomic E-state index is 13.0. The number of esters is 11. The zero-order valence-corrected chi connectivity index (χ0v) is 38.3. The van der Waals surface area contributed by atoms with Crippen LogP contribution in [0.5, 0.6) is 0 Å². The van der Waals surface area contributed by atoms with Gasteiger partial charge in [0.05, 0.1) is 0 Å². The zero-order chi connectivity index (χ0) is 50.4. The molecule has 0 aromatic heterocycles. The molecule has 0 aromatic rings. The van der Waals surface area contributed by atoms with Crippen LogP contribution in [0.25, 0.3) is 0 Å². The molecular formula is C40H54O27. The smallest absolute Gasteiger partial charge is 0.305 e. The summed E-state index contributed by atoms with van der Waals surface area (Å²) in [5.74, 6) is -10.7. The minimum Gasteiger partial charge on any atom is -0.463 e. The minimum absolute atomic E-state index is 0.691. The summed E-state index contributed by atoms with van der Waals surface area (Å²) in [6.45, 7) is 8.53. The topological polar surface area (TPSA) is 335 Å². The lowest BCUT2D eigenvalue weighted by molar-refractivity contribution is -0.378. The highest BCUT2D eigenvalue weighted by molar-refractivity contribution is 5.70. The van der Waals surface area contributed by atoms with Crippen LogP contribution in [0.3, 0.4) is 0 Å². The van der Waals surface area contributed by atoms with Crippen LogP contribution < -0.4 is 0 Å². The average Bonchev–Trinajstić information content (AvgIpc) is 3.17. The van der Waals surface area contributed by atoms with Crippen LogP contribution in [0.2, 0.25) is 0 Å². The summed E-state index contributed by atoms with van der Waals surface area (Å²) >= 11 is 0. The van der Waals surface area contributed by atoms with E-state index in [1.807, 2.05) is 0 Å². The molecule has 0 N–H and O–H groups in total. The summed E-state index contributed by atoms with van der Waals surface area (Å²) in [6.07, 6.45) is -27.3. The van der Waals surface area contributed by atoms with Crippen molar-refractivity contribution in [2.24, 2.45) is 0 Å². The van der Waals surface area contributed by atoms with Crippen LogP contribution in [0.1, 0.15) is 76.2 Å². The summed E-state index contributed by atoms with van der Waals surface area (Å²) in [5.41, 5.74) is 0. The van der Waals surface area contributed by atoms with E-state index < -0.39 is 178 Å². The number of ether oxygens (including phenoxy) is 16. The molecule has 376 valence electrons. The van der Waals surface area contributed by atoms with E-state index in [1.54, 1.807) is 0 Å². The minimum atomic E-state index is -2.06. The fourth-order valence-corrected chi connectivity index (χ4v) is 7.01. The largest absolute Gasteiger partial charge is 0.463 e. The van der Waals surface area contributed by atoms with Crippen molar-refractivity contribution in [2.75, 3.05) is 19.8 Å². The van der Waals surface area contributed by atoms with E-state index in [2.05, 4.69) is 0 Å². The molecule has 0 spiro atoms. The highest BCUT2D eigenvalue weighted by atomic mass is 16.8. The first kappa shape index (κ1) is 55.3. The van der Waals surface area contributed by atoms with Crippen LogP contribution in [0.4, 0.5) is 0 Å². The molecule has 3 aliphatic heterocycles. The fraction of sp³-hybridized carbons (Fsp3) is 0.725. The van der Waals surface area contributed by atoms with Gasteiger partial charge in [0.25, 0.3) is 0 Å². The Labute approximate surface area is 382 Å². The first-order valence-corrected chi connectivity index (χ1v) is 20.3. The molecule has 27 heteroatoms. The Morgan fingerprint density at radius 3 is 0.776 bits per heavy atom. The van der Waals surface area contributed by atoms with Gasteiger partial charge in [-0.25, -0.2) is 0 Å². The maximum Gasteiger partial charge on any atom is 0.305 e. The monoisotopic (exact) mass is 966 g/mol. The zero-order valence-electron chi connectivity index (χ0n) is 38.3. The molecule has 3 fully saturated rings. The van der Waals surface area contributed by atoms with Crippen LogP contribution in [0, 0.1) is 0 Å². The molecule has 15 atom stereocenters. The van der Waals surface area contributed by atoms with Crippen molar-refractivity contribution < 1.29 is 129 Å². The van der Waals surface area contributed by atoms with Gasteiger partial charge in [-0.3, -0.25) is 52.7 Å². The molecule has 0 amide bonds. The van der Waals surface area contributed by atoms with Crippen LogP contribution >= 0.6 is 0 Å². The summed E-state index contributed by atoms with van der Waals surface area (Å²) in [6, 6.07) is 0. The molecule has 3 heterocycles. The molecule has 0 bridgehead atoms. The van der Waals surface area contributed by atoms with Crippen molar-refractivity contribution in [3.05, 3.63) is 0 Å². The molecule has 0 radical (unpaired) electrons. The second-order valence-electron chi connectivity index (χ2n) is 14.9. The summed E-state index contributed by atoms with van der Waals surface area (Å²) in [5, 5.41) is 0. The molecule has 0 aliphatic carbocycles. The quantitative estimate of drug-likeness (QED) is 0.114. The molecule has 27 nitrogen and oxygen atoms in total. The van der Waals surface area contributed by atoms with Gasteiger partial charge in [0.15, 0.2) is 49.2 Å². The van der Waals surface area contributed by atoms with Gasteiger partial charge in [0, 0.05) is 76.2 Å². The molecule has 67 heavy (non-hydrogen) atoms. The lowest BCUT2D eigenvalue weighted by Crippen LogP contribution is -2.69. The van der Waals surface area contributed by atoms with Crippen molar-refractivity contribution in [3.63, 3.8) is 0 Å². The molecule has 3 rings (SSSR count). The normalized spacial score (nSPS) is 31.2. The van der Waals surface area contributed by atoms with Gasteiger partial charge in [-0.2, -0.15) is 0 Å². The van der Waals surface area contributed by atoms with Crippen LogP contribution in [0.15, 0.2) is 0 Å². The third-order valence-corrected chi connectivity index (χ3v) is 9.11. The summed E-state index contributed by atoms with van der Waals surface area (Å²) in [7, 11) is 0. The summed E-state index contributed by atoms with van der Waals surface area (Å²) < 4.78 is 90.4. The first-order valence-electron chi connectivity index (χ1n) is 20.3. The molecule has 0 aromatic carbocycles. The number of carbonyl (C=O) groups excluding carboxylic acids is 11. The van der Waals surface area contributed by atoms with E-state index in [-0.39, 0.29) is 0 Å². The van der Waals surface area contributed by atoms with Gasteiger partial charge in [-0.15, -0.1) is 0 Å². The van der Waals surface area contributed by atoms with Crippen molar-refractivity contribution >= 4 is 65.7 Å². The van der Waals surface area contributed by atoms with Crippen LogP contribution in [-0.2, 0) is 129 Å². The highest BCUT2D eigenvalue weighted by Crippen LogP contribution is 2.38. The summed E-state index contributed by atoms with van der Waals surface area (Å²) in [4.78, 5) is 137. The van der Waals surface area contributed by atoms with Crippen molar-refractivity contribution in [3.8, 4) is 0 Å². The number of carbonyl (C=O) groups is 11. The van der Waals surface area contributed by atoms with E-state index >= 15 is 0 Å². The highest BCUT2D eigenvalue weighted by Gasteiger charge is 2.60. The fourth-order valence-electron chi connectivity index (χ4n) is 7.01. The number of hydrogen-bond donors (Lipinski definition) is 0. The Bertz CT molecular complexity index is 1850. The average molecular weight is 967 g/mol. The standard InChI is InChI=1S/C40H54O27/c1-15(41)52-12-26-29(55-18(4)44)32(56-19(5)45)36(60-23(9)49)39(64-26)67-31-28(14-54-17(3)43)65-40(37(61-24(10)50)34(31)58-21(7)47)66-30-27(13-53-16(2)42)63-38(62-25(11)51)35(59-22(8)48)33(30)57-20(6)46/h26-40H,12-14H2,1-11H3/t26-,27-,28-,29-,30+,31+,32+,33+,34+,35+,36-,37+,38-,39+,40-/m0/s1. The molecular weight excluding hydrogens is 912 g/mol. The third-order valence-electron chi connectivity index (χ3n) is 9.11. The van der Waals surface area contributed by atoms with Gasteiger partial charge in [-0.1, -0.05) is 0 Å². The Balaban J connectivity index is 2.31. The van der Waals surface area contributed by atoms with E-state index in [1.165, 1.54) is 0 Å². The molecule has 3 saturated heterocycles. The third kappa shape index (κ3) is 17.0. The van der Waals surface area contributed by atoms with Crippen molar-refractivity contribution in [1.82, 2.24) is 0 Å². The Morgan fingerprint density at radius 2 is 0.493 bits per heavy atom. The van der Waals surface area contributed by atoms with Crippen molar-refractivity contribution in [1.29, 1.82) is 0 Å². The van der Waals surface area contributed by atoms with Gasteiger partial charge in [-0.05, 0) is 0 Å². The second kappa shape index (κ2) is 25.2. The van der Waals surface area contributed by atoms with Crippen LogP contribution in [-0.4, -0.2) is 178 Å².